The molecule has 0 unspecified atom stereocenters. The van der Waals surface area contributed by atoms with E-state index in [2.05, 4.69) is 50.0 Å². The molecule has 0 atom stereocenters. The maximum Gasteiger partial charge on any atom is 0.0704 e. The van der Waals surface area contributed by atoms with Crippen LogP contribution in [0.1, 0.15) is 33.8 Å². The summed E-state index contributed by atoms with van der Waals surface area (Å²) in [4.78, 5) is 4.36. The Morgan fingerprint density at radius 3 is 2.47 bits per heavy atom. The van der Waals surface area contributed by atoms with E-state index in [1.165, 1.54) is 10.9 Å². The van der Waals surface area contributed by atoms with Crippen molar-refractivity contribution in [2.45, 2.75) is 33.6 Å². The molecule has 0 N–H and O–H groups in total. The van der Waals surface area contributed by atoms with Crippen molar-refractivity contribution < 1.29 is 0 Å². The second-order valence-corrected chi connectivity index (χ2v) is 4.66. The van der Waals surface area contributed by atoms with Crippen LogP contribution in [0, 0.1) is 0 Å². The fraction of sp³-hybridized carbons (Fsp3) is 0.357. The largest absolute Gasteiger partial charge is 0.256 e. The molecule has 0 aliphatic heterocycles. The van der Waals surface area contributed by atoms with Crippen LogP contribution in [0.4, 0.5) is 0 Å². The van der Waals surface area contributed by atoms with E-state index in [0.717, 1.165) is 5.52 Å². The summed E-state index contributed by atoms with van der Waals surface area (Å²) >= 11 is 0. The van der Waals surface area contributed by atoms with Gasteiger partial charge in [0.1, 0.15) is 0 Å². The van der Waals surface area contributed by atoms with Crippen molar-refractivity contribution >= 4 is 10.9 Å². The monoisotopic (exact) mass is 201 g/mol. The van der Waals surface area contributed by atoms with Crippen molar-refractivity contribution in [2.75, 3.05) is 0 Å². The number of hydrogen-bond donors (Lipinski definition) is 0. The van der Waals surface area contributed by atoms with Crippen LogP contribution in [-0.2, 0) is 5.41 Å². The first-order chi connectivity index (χ1) is 6.57. The normalized spacial score (nSPS) is 11.1. The first-order valence-electron chi connectivity index (χ1n) is 4.93. The van der Waals surface area contributed by atoms with Crippen LogP contribution in [0.3, 0.4) is 0 Å². The highest BCUT2D eigenvalue weighted by atomic mass is 14.6. The van der Waals surface area contributed by atoms with Gasteiger partial charge in [0, 0.05) is 11.6 Å². The van der Waals surface area contributed by atoms with Crippen LogP contribution < -0.4 is 0 Å². The molecule has 2 rings (SSSR count). The third kappa shape index (κ3) is 2.35. The van der Waals surface area contributed by atoms with Gasteiger partial charge in [-0.25, -0.2) is 0 Å². The summed E-state index contributed by atoms with van der Waals surface area (Å²) in [6, 6.07) is 10.6. The van der Waals surface area contributed by atoms with Gasteiger partial charge < -0.3 is 0 Å². The minimum atomic E-state index is 0. The molecule has 0 saturated heterocycles. The van der Waals surface area contributed by atoms with E-state index in [0.29, 0.717) is 0 Å². The molecule has 0 amide bonds. The summed E-state index contributed by atoms with van der Waals surface area (Å²) < 4.78 is 0. The topological polar surface area (TPSA) is 12.9 Å². The van der Waals surface area contributed by atoms with Crippen molar-refractivity contribution in [1.29, 1.82) is 0 Å². The molecule has 1 aromatic heterocycles. The number of fused-ring (bicyclic) bond motifs is 1. The number of pyridine rings is 1. The zero-order chi connectivity index (χ0) is 10.2. The number of benzene rings is 1. The Morgan fingerprint density at radius 2 is 1.80 bits per heavy atom. The molecule has 0 bridgehead atoms. The number of aromatic nitrogens is 1. The molecule has 0 radical (unpaired) electrons. The lowest BCUT2D eigenvalue weighted by Gasteiger charge is -2.19. The highest BCUT2D eigenvalue weighted by Crippen LogP contribution is 2.24. The van der Waals surface area contributed by atoms with E-state index in [1.807, 2.05) is 12.3 Å². The van der Waals surface area contributed by atoms with E-state index in [4.69, 9.17) is 0 Å². The van der Waals surface area contributed by atoms with E-state index in [9.17, 15) is 0 Å². The zero-order valence-electron chi connectivity index (χ0n) is 8.91. The van der Waals surface area contributed by atoms with Crippen molar-refractivity contribution in [3.05, 3.63) is 42.1 Å². The van der Waals surface area contributed by atoms with Gasteiger partial charge in [0.2, 0.25) is 0 Å². The lowest BCUT2D eigenvalue weighted by molar-refractivity contribution is 0.591. The van der Waals surface area contributed by atoms with Gasteiger partial charge >= 0.3 is 0 Å². The highest BCUT2D eigenvalue weighted by molar-refractivity contribution is 5.79. The van der Waals surface area contributed by atoms with Crippen molar-refractivity contribution in [3.8, 4) is 0 Å². The summed E-state index contributed by atoms with van der Waals surface area (Å²) in [7, 11) is 0. The summed E-state index contributed by atoms with van der Waals surface area (Å²) in [6.45, 7) is 6.66. The predicted molar refractivity (Wildman–Crippen MR) is 67.2 cm³/mol. The first kappa shape index (κ1) is 11.7. The smallest absolute Gasteiger partial charge is 0.0704 e. The Bertz CT molecular complexity index is 452. The summed E-state index contributed by atoms with van der Waals surface area (Å²) in [5.41, 5.74) is 2.62. The molecular formula is C14H19N. The van der Waals surface area contributed by atoms with Crippen LogP contribution in [0.2, 0.25) is 0 Å². The summed E-state index contributed by atoms with van der Waals surface area (Å²) in [5, 5.41) is 1.21. The van der Waals surface area contributed by atoms with Gasteiger partial charge in [-0.15, -0.1) is 0 Å². The van der Waals surface area contributed by atoms with Crippen molar-refractivity contribution in [3.63, 3.8) is 0 Å². The molecular weight excluding hydrogens is 182 g/mol. The van der Waals surface area contributed by atoms with Crippen LogP contribution in [0.15, 0.2) is 36.5 Å². The van der Waals surface area contributed by atoms with Gasteiger partial charge in [-0.05, 0) is 23.1 Å². The van der Waals surface area contributed by atoms with Gasteiger partial charge in [0.25, 0.3) is 0 Å². The van der Waals surface area contributed by atoms with E-state index in [1.54, 1.807) is 0 Å². The minimum Gasteiger partial charge on any atom is -0.256 e. The summed E-state index contributed by atoms with van der Waals surface area (Å²) in [6.07, 6.45) is 1.84. The molecule has 0 aliphatic rings. The fourth-order valence-electron chi connectivity index (χ4n) is 1.53. The molecule has 15 heavy (non-hydrogen) atoms. The lowest BCUT2D eigenvalue weighted by atomic mass is 9.86. The van der Waals surface area contributed by atoms with Crippen LogP contribution in [-0.4, -0.2) is 4.98 Å². The molecule has 2 aromatic rings. The Labute approximate surface area is 92.2 Å². The van der Waals surface area contributed by atoms with Crippen molar-refractivity contribution in [1.82, 2.24) is 4.98 Å². The molecule has 1 aromatic carbocycles. The van der Waals surface area contributed by atoms with Gasteiger partial charge in [-0.3, -0.25) is 4.98 Å². The Kier molecular flexibility index (Phi) is 3.13. The maximum atomic E-state index is 4.36. The zero-order valence-corrected chi connectivity index (χ0v) is 8.91. The Hall–Kier alpha value is -1.37. The molecule has 0 aliphatic carbocycles. The van der Waals surface area contributed by atoms with Crippen LogP contribution in [0.25, 0.3) is 10.9 Å². The minimum absolute atomic E-state index is 0. The molecule has 0 spiro atoms. The van der Waals surface area contributed by atoms with E-state index < -0.39 is 0 Å². The molecule has 80 valence electrons. The highest BCUT2D eigenvalue weighted by Gasteiger charge is 2.13. The number of nitrogens with zero attached hydrogens (tertiary/aromatic N) is 1. The SMILES string of the molecule is C.CC(C)(C)c1ccc2cccnc2c1. The lowest BCUT2D eigenvalue weighted by Crippen LogP contribution is -2.10. The summed E-state index contributed by atoms with van der Waals surface area (Å²) in [5.74, 6) is 0. The Morgan fingerprint density at radius 1 is 1.07 bits per heavy atom. The average Bonchev–Trinajstić information content (AvgIpc) is 2.16. The second-order valence-electron chi connectivity index (χ2n) is 4.66. The molecule has 0 saturated carbocycles. The Balaban J connectivity index is 0.00000112. The molecule has 1 heterocycles. The average molecular weight is 201 g/mol. The molecule has 1 heteroatoms. The quantitative estimate of drug-likeness (QED) is 0.623. The van der Waals surface area contributed by atoms with Gasteiger partial charge in [-0.2, -0.15) is 0 Å². The van der Waals surface area contributed by atoms with Gasteiger partial charge in [-0.1, -0.05) is 46.4 Å². The molecule has 1 nitrogen and oxygen atoms in total. The van der Waals surface area contributed by atoms with Crippen LogP contribution >= 0.6 is 0 Å². The first-order valence-corrected chi connectivity index (χ1v) is 4.93. The number of hydrogen-bond acceptors (Lipinski definition) is 1. The van der Waals surface area contributed by atoms with E-state index >= 15 is 0 Å². The van der Waals surface area contributed by atoms with E-state index in [-0.39, 0.29) is 12.8 Å². The van der Waals surface area contributed by atoms with Crippen LogP contribution in [0.5, 0.6) is 0 Å². The maximum absolute atomic E-state index is 4.36. The third-order valence-corrected chi connectivity index (χ3v) is 2.47. The predicted octanol–water partition coefficient (Wildman–Crippen LogP) is 4.17. The second kappa shape index (κ2) is 4.01. The molecule has 0 fully saturated rings. The fourth-order valence-corrected chi connectivity index (χ4v) is 1.53. The van der Waals surface area contributed by atoms with Gasteiger partial charge in [0.15, 0.2) is 0 Å². The van der Waals surface area contributed by atoms with Gasteiger partial charge in [0.05, 0.1) is 5.52 Å². The number of rotatable bonds is 0. The standard InChI is InChI=1S/C13H15N.CH4/c1-13(2,3)11-7-6-10-5-4-8-14-12(10)9-11;/h4-9H,1-3H3;1H4. The van der Waals surface area contributed by atoms with Crippen molar-refractivity contribution in [2.24, 2.45) is 0 Å². The third-order valence-electron chi connectivity index (χ3n) is 2.47.